The molecule has 0 amide bonds. The van der Waals surface area contributed by atoms with E-state index >= 15 is 0 Å². The van der Waals surface area contributed by atoms with Crippen molar-refractivity contribution in [1.82, 2.24) is 0 Å². The zero-order valence-electron chi connectivity index (χ0n) is 13.8. The van der Waals surface area contributed by atoms with Crippen LogP contribution >= 0.6 is 0 Å². The molecule has 0 spiro atoms. The van der Waals surface area contributed by atoms with E-state index in [0.29, 0.717) is 5.57 Å². The molecule has 0 fully saturated rings. The fourth-order valence-corrected chi connectivity index (χ4v) is 2.57. The van der Waals surface area contributed by atoms with E-state index in [2.05, 4.69) is 0 Å². The second-order valence-electron chi connectivity index (χ2n) is 6.87. The molecule has 1 aliphatic carbocycles. The molecule has 2 atom stereocenters. The zero-order valence-corrected chi connectivity index (χ0v) is 13.8. The van der Waals surface area contributed by atoms with Gasteiger partial charge in [0, 0.05) is 12.8 Å². The van der Waals surface area contributed by atoms with Crippen molar-refractivity contribution in [2.75, 3.05) is 0 Å². The Hall–Kier alpha value is -2.08. The molecule has 2 unspecified atom stereocenters. The van der Waals surface area contributed by atoms with Crippen LogP contribution in [0.25, 0.3) is 6.08 Å². The number of phenolic OH excluding ortho intramolecular Hbond substituents is 1. The van der Waals surface area contributed by atoms with Gasteiger partial charge in [-0.15, -0.1) is 0 Å². The van der Waals surface area contributed by atoms with Crippen molar-refractivity contribution in [1.29, 1.82) is 0 Å². The summed E-state index contributed by atoms with van der Waals surface area (Å²) in [5.41, 5.74) is -1.23. The van der Waals surface area contributed by atoms with E-state index in [0.717, 1.165) is 5.56 Å². The third-order valence-electron chi connectivity index (χ3n) is 4.01. The summed E-state index contributed by atoms with van der Waals surface area (Å²) in [6.07, 6.45) is 5.38. The van der Waals surface area contributed by atoms with Gasteiger partial charge in [-0.1, -0.05) is 24.3 Å². The Labute approximate surface area is 141 Å². The fourth-order valence-electron chi connectivity index (χ4n) is 2.57. The van der Waals surface area contributed by atoms with Crippen LogP contribution < -0.4 is 0 Å². The molecule has 1 aromatic carbocycles. The number of hydrogen-bond acceptors (Lipinski definition) is 5. The van der Waals surface area contributed by atoms with Crippen LogP contribution in [0.5, 0.6) is 5.75 Å². The third-order valence-corrected chi connectivity index (χ3v) is 4.01. The van der Waals surface area contributed by atoms with Crippen molar-refractivity contribution in [3.8, 4) is 5.75 Å². The van der Waals surface area contributed by atoms with Crippen molar-refractivity contribution >= 4 is 6.08 Å². The first-order valence-corrected chi connectivity index (χ1v) is 7.80. The molecule has 0 radical (unpaired) electrons. The van der Waals surface area contributed by atoms with Crippen LogP contribution in [0.15, 0.2) is 53.8 Å². The Kier molecular flexibility index (Phi) is 5.18. The van der Waals surface area contributed by atoms with Gasteiger partial charge in [-0.05, 0) is 49.3 Å². The standard InChI is InChI=1S/C19H24O5/c1-18(2,23)17(22)12-19(24)10-14(9-16(21)11-19)4-3-13-5-7-15(20)8-6-13/h3-9,11,17,20-24H,10,12H2,1-2H3. The maximum Gasteiger partial charge on any atom is 0.115 e. The van der Waals surface area contributed by atoms with Gasteiger partial charge < -0.3 is 25.5 Å². The van der Waals surface area contributed by atoms with Crippen molar-refractivity contribution in [2.45, 2.75) is 44.0 Å². The summed E-state index contributed by atoms with van der Waals surface area (Å²) in [6.45, 7) is 2.93. The first kappa shape index (κ1) is 18.3. The number of aliphatic hydroxyl groups excluding tert-OH is 2. The lowest BCUT2D eigenvalue weighted by molar-refractivity contribution is -0.0819. The van der Waals surface area contributed by atoms with Crippen LogP contribution in [0.3, 0.4) is 0 Å². The highest BCUT2D eigenvalue weighted by atomic mass is 16.3. The summed E-state index contributed by atoms with van der Waals surface area (Å²) in [5.74, 6) is 0.0941. The van der Waals surface area contributed by atoms with Gasteiger partial charge in [0.05, 0.1) is 17.3 Å². The highest BCUT2D eigenvalue weighted by molar-refractivity contribution is 5.55. The molecular weight excluding hydrogens is 308 g/mol. The summed E-state index contributed by atoms with van der Waals surface area (Å²) >= 11 is 0. The Morgan fingerprint density at radius 1 is 1.17 bits per heavy atom. The van der Waals surface area contributed by atoms with Crippen molar-refractivity contribution in [3.05, 3.63) is 59.4 Å². The summed E-state index contributed by atoms with van der Waals surface area (Å²) < 4.78 is 0. The predicted octanol–water partition coefficient (Wildman–Crippen LogP) is 2.43. The van der Waals surface area contributed by atoms with Gasteiger partial charge in [0.1, 0.15) is 11.5 Å². The molecule has 0 saturated heterocycles. The van der Waals surface area contributed by atoms with E-state index in [9.17, 15) is 25.5 Å². The maximum atomic E-state index is 10.7. The van der Waals surface area contributed by atoms with Crippen molar-refractivity contribution in [3.63, 3.8) is 0 Å². The summed E-state index contributed by atoms with van der Waals surface area (Å²) in [5, 5.41) is 49.7. The molecule has 0 aliphatic heterocycles. The van der Waals surface area contributed by atoms with E-state index in [1.54, 1.807) is 42.5 Å². The topological polar surface area (TPSA) is 101 Å². The molecule has 24 heavy (non-hydrogen) atoms. The third kappa shape index (κ3) is 4.96. The zero-order chi connectivity index (χ0) is 18.0. The van der Waals surface area contributed by atoms with Crippen LogP contribution in [-0.4, -0.2) is 42.8 Å². The Bertz CT molecular complexity index is 664. The predicted molar refractivity (Wildman–Crippen MR) is 92.4 cm³/mol. The van der Waals surface area contributed by atoms with Gasteiger partial charge in [-0.2, -0.15) is 0 Å². The minimum Gasteiger partial charge on any atom is -0.508 e. The largest absolute Gasteiger partial charge is 0.508 e. The lowest BCUT2D eigenvalue weighted by Gasteiger charge is -2.34. The van der Waals surface area contributed by atoms with Crippen LogP contribution in [0.1, 0.15) is 32.3 Å². The summed E-state index contributed by atoms with van der Waals surface area (Å²) in [4.78, 5) is 0. The molecule has 0 saturated carbocycles. The van der Waals surface area contributed by atoms with E-state index in [1.165, 1.54) is 19.9 Å². The molecule has 1 aromatic rings. The highest BCUT2D eigenvalue weighted by Gasteiger charge is 2.36. The molecule has 5 heteroatoms. The Morgan fingerprint density at radius 3 is 2.38 bits per heavy atom. The van der Waals surface area contributed by atoms with Crippen LogP contribution in [0, 0.1) is 0 Å². The second-order valence-corrected chi connectivity index (χ2v) is 6.87. The molecule has 5 nitrogen and oxygen atoms in total. The molecule has 0 bridgehead atoms. The average molecular weight is 332 g/mol. The van der Waals surface area contributed by atoms with Gasteiger partial charge >= 0.3 is 0 Å². The van der Waals surface area contributed by atoms with Crippen LogP contribution in [0.4, 0.5) is 0 Å². The highest BCUT2D eigenvalue weighted by Crippen LogP contribution is 2.32. The smallest absolute Gasteiger partial charge is 0.115 e. The quantitative estimate of drug-likeness (QED) is 0.570. The lowest BCUT2D eigenvalue weighted by Crippen LogP contribution is -2.43. The summed E-state index contributed by atoms with van der Waals surface area (Å²) in [6, 6.07) is 6.63. The normalized spacial score (nSPS) is 23.0. The number of aromatic hydroxyl groups is 1. The molecule has 0 aromatic heterocycles. The number of hydrogen-bond donors (Lipinski definition) is 5. The Morgan fingerprint density at radius 2 is 1.79 bits per heavy atom. The van der Waals surface area contributed by atoms with E-state index in [-0.39, 0.29) is 24.4 Å². The average Bonchev–Trinajstić information content (AvgIpc) is 2.44. The number of rotatable bonds is 5. The molecular formula is C19H24O5. The molecule has 1 aliphatic rings. The Balaban J connectivity index is 2.13. The van der Waals surface area contributed by atoms with Crippen molar-refractivity contribution in [2.24, 2.45) is 0 Å². The minimum atomic E-state index is -1.44. The van der Waals surface area contributed by atoms with Crippen molar-refractivity contribution < 1.29 is 25.5 Å². The molecule has 2 rings (SSSR count). The number of phenols is 1. The van der Waals surface area contributed by atoms with Gasteiger partial charge in [0.25, 0.3) is 0 Å². The molecule has 0 heterocycles. The molecule has 130 valence electrons. The van der Waals surface area contributed by atoms with Gasteiger partial charge in [-0.25, -0.2) is 0 Å². The second kappa shape index (κ2) is 6.81. The van der Waals surface area contributed by atoms with Gasteiger partial charge in [-0.3, -0.25) is 0 Å². The fraction of sp³-hybridized carbons (Fsp3) is 0.368. The van der Waals surface area contributed by atoms with Gasteiger partial charge in [0.15, 0.2) is 0 Å². The van der Waals surface area contributed by atoms with E-state index < -0.39 is 17.3 Å². The monoisotopic (exact) mass is 332 g/mol. The minimum absolute atomic E-state index is 0.0861. The van der Waals surface area contributed by atoms with E-state index in [4.69, 9.17) is 0 Å². The maximum absolute atomic E-state index is 10.7. The summed E-state index contributed by atoms with van der Waals surface area (Å²) in [7, 11) is 0. The van der Waals surface area contributed by atoms with Gasteiger partial charge in [0.2, 0.25) is 0 Å². The first-order chi connectivity index (χ1) is 11.1. The number of aliphatic hydroxyl groups is 4. The van der Waals surface area contributed by atoms with Crippen LogP contribution in [0.2, 0.25) is 0 Å². The van der Waals surface area contributed by atoms with Crippen LogP contribution in [-0.2, 0) is 0 Å². The number of benzene rings is 1. The lowest BCUT2D eigenvalue weighted by atomic mass is 9.81. The first-order valence-electron chi connectivity index (χ1n) is 7.80. The number of allylic oxidation sites excluding steroid dienone is 2. The SMILES string of the molecule is CC(C)(O)C(O)CC1(O)C=C(O)C=C(C=Cc2ccc(O)cc2)C1. The molecule has 5 N–H and O–H groups in total. The van der Waals surface area contributed by atoms with E-state index in [1.807, 2.05) is 0 Å².